The lowest BCUT2D eigenvalue weighted by Gasteiger charge is -2.15. The van der Waals surface area contributed by atoms with Gasteiger partial charge in [-0.2, -0.15) is 13.2 Å². The molecule has 0 spiro atoms. The SMILES string of the molecule is COc1cccc([C@@H](N)CCC(F)(F)F)c1F. The normalized spacial score (nSPS) is 13.5. The van der Waals surface area contributed by atoms with Gasteiger partial charge in [0.15, 0.2) is 11.6 Å². The van der Waals surface area contributed by atoms with E-state index in [1.165, 1.54) is 25.3 Å². The molecule has 0 fully saturated rings. The Hall–Kier alpha value is -1.30. The molecular weight excluding hydrogens is 238 g/mol. The molecule has 1 aromatic carbocycles. The van der Waals surface area contributed by atoms with E-state index in [9.17, 15) is 17.6 Å². The number of hydrogen-bond acceptors (Lipinski definition) is 2. The van der Waals surface area contributed by atoms with Gasteiger partial charge < -0.3 is 10.5 Å². The van der Waals surface area contributed by atoms with Gasteiger partial charge in [0.1, 0.15) is 0 Å². The first-order valence-electron chi connectivity index (χ1n) is 5.00. The lowest BCUT2D eigenvalue weighted by Crippen LogP contribution is -2.17. The molecule has 0 heterocycles. The standard InChI is InChI=1S/C11H13F4NO/c1-17-9-4-2-3-7(10(9)12)8(16)5-6-11(13,14)15/h2-4,8H,5-6,16H2,1H3/t8-/m0/s1. The van der Waals surface area contributed by atoms with E-state index >= 15 is 0 Å². The van der Waals surface area contributed by atoms with Crippen LogP contribution in [-0.2, 0) is 0 Å². The highest BCUT2D eigenvalue weighted by atomic mass is 19.4. The fourth-order valence-corrected chi connectivity index (χ4v) is 1.45. The average molecular weight is 251 g/mol. The zero-order chi connectivity index (χ0) is 13.1. The van der Waals surface area contributed by atoms with E-state index in [0.717, 1.165) is 0 Å². The van der Waals surface area contributed by atoms with Crippen molar-refractivity contribution in [1.29, 1.82) is 0 Å². The molecular formula is C11H13F4NO. The van der Waals surface area contributed by atoms with Gasteiger partial charge in [-0.25, -0.2) is 4.39 Å². The van der Waals surface area contributed by atoms with Crippen molar-refractivity contribution < 1.29 is 22.3 Å². The third kappa shape index (κ3) is 3.89. The fraction of sp³-hybridized carbons (Fsp3) is 0.455. The fourth-order valence-electron chi connectivity index (χ4n) is 1.45. The molecule has 17 heavy (non-hydrogen) atoms. The van der Waals surface area contributed by atoms with Crippen molar-refractivity contribution in [1.82, 2.24) is 0 Å². The molecule has 1 aromatic rings. The van der Waals surface area contributed by atoms with Gasteiger partial charge in [-0.15, -0.1) is 0 Å². The Balaban J connectivity index is 2.79. The molecule has 6 heteroatoms. The zero-order valence-electron chi connectivity index (χ0n) is 9.22. The maximum absolute atomic E-state index is 13.7. The van der Waals surface area contributed by atoms with Crippen LogP contribution in [0, 0.1) is 5.82 Å². The van der Waals surface area contributed by atoms with E-state index in [1.807, 2.05) is 0 Å². The number of nitrogens with two attached hydrogens (primary N) is 1. The van der Waals surface area contributed by atoms with Crippen molar-refractivity contribution in [3.8, 4) is 5.75 Å². The summed E-state index contributed by atoms with van der Waals surface area (Å²) in [5, 5.41) is 0. The molecule has 96 valence electrons. The van der Waals surface area contributed by atoms with Crippen LogP contribution in [0.4, 0.5) is 17.6 Å². The average Bonchev–Trinajstić information content (AvgIpc) is 2.25. The van der Waals surface area contributed by atoms with Crippen molar-refractivity contribution in [3.63, 3.8) is 0 Å². The quantitative estimate of drug-likeness (QED) is 0.834. The highest BCUT2D eigenvalue weighted by Crippen LogP contribution is 2.29. The summed E-state index contributed by atoms with van der Waals surface area (Å²) in [6.45, 7) is 0. The second kappa shape index (κ2) is 5.35. The molecule has 0 aliphatic heterocycles. The van der Waals surface area contributed by atoms with Crippen LogP contribution >= 0.6 is 0 Å². The van der Waals surface area contributed by atoms with E-state index < -0.39 is 24.5 Å². The second-order valence-corrected chi connectivity index (χ2v) is 3.62. The molecule has 0 amide bonds. The number of methoxy groups -OCH3 is 1. The van der Waals surface area contributed by atoms with Gasteiger partial charge in [0.05, 0.1) is 7.11 Å². The first-order valence-corrected chi connectivity index (χ1v) is 5.00. The third-order valence-corrected chi connectivity index (χ3v) is 2.35. The van der Waals surface area contributed by atoms with Crippen LogP contribution in [0.1, 0.15) is 24.4 Å². The monoisotopic (exact) mass is 251 g/mol. The number of ether oxygens (including phenoxy) is 1. The van der Waals surface area contributed by atoms with Crippen LogP contribution in [-0.4, -0.2) is 13.3 Å². The van der Waals surface area contributed by atoms with Crippen LogP contribution in [0.5, 0.6) is 5.75 Å². The van der Waals surface area contributed by atoms with Crippen molar-refractivity contribution in [3.05, 3.63) is 29.6 Å². The second-order valence-electron chi connectivity index (χ2n) is 3.62. The molecule has 2 N–H and O–H groups in total. The molecule has 0 saturated heterocycles. The summed E-state index contributed by atoms with van der Waals surface area (Å²) in [5.74, 6) is -0.727. The Morgan fingerprint density at radius 2 is 2.00 bits per heavy atom. The molecule has 0 aliphatic rings. The zero-order valence-corrected chi connectivity index (χ0v) is 9.22. The number of halogens is 4. The smallest absolute Gasteiger partial charge is 0.389 e. The molecule has 0 unspecified atom stereocenters. The lowest BCUT2D eigenvalue weighted by atomic mass is 10.0. The number of rotatable bonds is 4. The van der Waals surface area contributed by atoms with Crippen molar-refractivity contribution in [2.24, 2.45) is 5.73 Å². The summed E-state index contributed by atoms with van der Waals surface area (Å²) < 4.78 is 54.4. The molecule has 2 nitrogen and oxygen atoms in total. The number of hydrogen-bond donors (Lipinski definition) is 1. The first kappa shape index (κ1) is 13.8. The van der Waals surface area contributed by atoms with Gasteiger partial charge in [-0.05, 0) is 12.5 Å². The summed E-state index contributed by atoms with van der Waals surface area (Å²) >= 11 is 0. The van der Waals surface area contributed by atoms with Gasteiger partial charge in [0.2, 0.25) is 0 Å². The van der Waals surface area contributed by atoms with Gasteiger partial charge in [-0.1, -0.05) is 12.1 Å². The third-order valence-electron chi connectivity index (χ3n) is 2.35. The minimum Gasteiger partial charge on any atom is -0.494 e. The van der Waals surface area contributed by atoms with Crippen LogP contribution in [0.3, 0.4) is 0 Å². The topological polar surface area (TPSA) is 35.2 Å². The molecule has 0 aromatic heterocycles. The number of alkyl halides is 3. The predicted octanol–water partition coefficient (Wildman–Crippen LogP) is 3.18. The molecule has 1 atom stereocenters. The van der Waals surface area contributed by atoms with Gasteiger partial charge in [0.25, 0.3) is 0 Å². The molecule has 1 rings (SSSR count). The van der Waals surface area contributed by atoms with E-state index in [1.54, 1.807) is 0 Å². The van der Waals surface area contributed by atoms with Crippen LogP contribution in [0.2, 0.25) is 0 Å². The van der Waals surface area contributed by atoms with Crippen molar-refractivity contribution >= 4 is 0 Å². The Morgan fingerprint density at radius 1 is 1.35 bits per heavy atom. The highest BCUT2D eigenvalue weighted by molar-refractivity contribution is 5.32. The van der Waals surface area contributed by atoms with Crippen molar-refractivity contribution in [2.45, 2.75) is 25.1 Å². The van der Waals surface area contributed by atoms with Gasteiger partial charge >= 0.3 is 6.18 Å². The summed E-state index contributed by atoms with van der Waals surface area (Å²) in [6, 6.07) is 3.24. The minimum absolute atomic E-state index is 0.0232. The summed E-state index contributed by atoms with van der Waals surface area (Å²) in [4.78, 5) is 0. The summed E-state index contributed by atoms with van der Waals surface area (Å²) in [7, 11) is 1.28. The Morgan fingerprint density at radius 3 is 2.53 bits per heavy atom. The molecule has 0 aliphatic carbocycles. The Kier molecular flexibility index (Phi) is 4.34. The van der Waals surface area contributed by atoms with E-state index in [-0.39, 0.29) is 17.7 Å². The predicted molar refractivity (Wildman–Crippen MR) is 55.2 cm³/mol. The maximum atomic E-state index is 13.7. The summed E-state index contributed by atoms with van der Waals surface area (Å²) in [6.07, 6.45) is -5.68. The Labute approximate surface area is 96.4 Å². The molecule has 0 saturated carbocycles. The van der Waals surface area contributed by atoms with Crippen molar-refractivity contribution in [2.75, 3.05) is 7.11 Å². The molecule has 0 radical (unpaired) electrons. The Bertz CT molecular complexity index is 378. The van der Waals surface area contributed by atoms with E-state index in [2.05, 4.69) is 0 Å². The van der Waals surface area contributed by atoms with Crippen LogP contribution < -0.4 is 10.5 Å². The largest absolute Gasteiger partial charge is 0.494 e. The summed E-state index contributed by atoms with van der Waals surface area (Å²) in [5.41, 5.74) is 5.57. The lowest BCUT2D eigenvalue weighted by molar-refractivity contribution is -0.136. The highest BCUT2D eigenvalue weighted by Gasteiger charge is 2.28. The maximum Gasteiger partial charge on any atom is 0.389 e. The van der Waals surface area contributed by atoms with Gasteiger partial charge in [-0.3, -0.25) is 0 Å². The molecule has 0 bridgehead atoms. The van der Waals surface area contributed by atoms with E-state index in [4.69, 9.17) is 10.5 Å². The van der Waals surface area contributed by atoms with E-state index in [0.29, 0.717) is 0 Å². The van der Waals surface area contributed by atoms with Gasteiger partial charge in [0, 0.05) is 18.0 Å². The first-order chi connectivity index (χ1) is 7.85. The number of benzene rings is 1. The van der Waals surface area contributed by atoms with Crippen LogP contribution in [0.25, 0.3) is 0 Å². The minimum atomic E-state index is -4.28. The van der Waals surface area contributed by atoms with Crippen LogP contribution in [0.15, 0.2) is 18.2 Å².